The minimum atomic E-state index is -0.178. The standard InChI is InChI=1S/C43H51FN4O/c1-47(2)42(36-23-25-37(44)26-24-36)35-21-19-34(20-22-35)30-40(48(3)38-17-11-6-12-18-38)43-46-39(29-33-15-9-5-10-16-33)41(49-43)31-45-28-27-32-13-7-4-8-14-32/h4-18,23-26,34-35,40,42,45H,19-22,27-31H2,1-3H3. The molecule has 2 unspecified atom stereocenters. The first kappa shape index (κ1) is 34.6. The second kappa shape index (κ2) is 16.9. The SMILES string of the molecule is CN(C)C(c1ccc(F)cc1)C1CCC(CC(c2nc(Cc3ccccc3)c(CNCCc3ccccc3)o2)N(C)c2ccccc2)CC1. The van der Waals surface area contributed by atoms with Gasteiger partial charge in [0.2, 0.25) is 5.89 Å². The topological polar surface area (TPSA) is 44.5 Å². The lowest BCUT2D eigenvalue weighted by atomic mass is 9.74. The summed E-state index contributed by atoms with van der Waals surface area (Å²) in [5.41, 5.74) is 5.93. The van der Waals surface area contributed by atoms with Crippen molar-refractivity contribution < 1.29 is 8.81 Å². The lowest BCUT2D eigenvalue weighted by molar-refractivity contribution is 0.142. The highest BCUT2D eigenvalue weighted by Crippen LogP contribution is 2.43. The molecule has 0 amide bonds. The maximum Gasteiger partial charge on any atom is 0.217 e. The number of hydrogen-bond donors (Lipinski definition) is 1. The summed E-state index contributed by atoms with van der Waals surface area (Å²) in [6, 6.07) is 39.2. The Morgan fingerprint density at radius 2 is 1.39 bits per heavy atom. The minimum absolute atomic E-state index is 0.0123. The lowest BCUT2D eigenvalue weighted by Crippen LogP contribution is -2.32. The van der Waals surface area contributed by atoms with Gasteiger partial charge in [0, 0.05) is 25.2 Å². The molecule has 5 nitrogen and oxygen atoms in total. The smallest absolute Gasteiger partial charge is 0.217 e. The van der Waals surface area contributed by atoms with E-state index in [-0.39, 0.29) is 17.9 Å². The van der Waals surface area contributed by atoms with Crippen molar-refractivity contribution in [1.29, 1.82) is 0 Å². The van der Waals surface area contributed by atoms with E-state index in [0.29, 0.717) is 18.4 Å². The van der Waals surface area contributed by atoms with Crippen molar-refractivity contribution in [2.24, 2.45) is 11.8 Å². The Balaban J connectivity index is 1.21. The number of aromatic nitrogens is 1. The molecule has 1 aliphatic carbocycles. The largest absolute Gasteiger partial charge is 0.442 e. The molecule has 0 saturated heterocycles. The Bertz CT molecular complexity index is 1680. The number of benzene rings is 4. The molecule has 0 radical (unpaired) electrons. The third-order valence-electron chi connectivity index (χ3n) is 10.3. The van der Waals surface area contributed by atoms with Crippen molar-refractivity contribution in [3.8, 4) is 0 Å². The van der Waals surface area contributed by atoms with Crippen LogP contribution < -0.4 is 10.2 Å². The summed E-state index contributed by atoms with van der Waals surface area (Å²) in [6.07, 6.45) is 7.28. The number of para-hydroxylation sites is 1. The average molecular weight is 659 g/mol. The fourth-order valence-corrected chi connectivity index (χ4v) is 7.67. The third-order valence-corrected chi connectivity index (χ3v) is 10.3. The third kappa shape index (κ3) is 9.26. The number of oxazole rings is 1. The van der Waals surface area contributed by atoms with Crippen molar-refractivity contribution in [2.45, 2.75) is 63.6 Å². The number of nitrogens with zero attached hydrogens (tertiary/aromatic N) is 3. The molecular formula is C43H51FN4O. The fourth-order valence-electron chi connectivity index (χ4n) is 7.67. The van der Waals surface area contributed by atoms with Gasteiger partial charge < -0.3 is 19.5 Å². The van der Waals surface area contributed by atoms with Crippen LogP contribution in [0.5, 0.6) is 0 Å². The molecule has 1 aromatic heterocycles. The molecule has 2 atom stereocenters. The zero-order valence-corrected chi connectivity index (χ0v) is 29.3. The maximum absolute atomic E-state index is 13.7. The zero-order valence-electron chi connectivity index (χ0n) is 29.3. The Kier molecular flexibility index (Phi) is 11.9. The Morgan fingerprint density at radius 3 is 2.02 bits per heavy atom. The Morgan fingerprint density at radius 1 is 0.776 bits per heavy atom. The number of anilines is 1. The van der Waals surface area contributed by atoms with Crippen LogP contribution in [0.25, 0.3) is 0 Å². The molecule has 0 bridgehead atoms. The molecule has 1 N–H and O–H groups in total. The minimum Gasteiger partial charge on any atom is -0.442 e. The van der Waals surface area contributed by atoms with E-state index in [1.165, 1.54) is 16.7 Å². The van der Waals surface area contributed by atoms with E-state index in [1.54, 1.807) is 12.1 Å². The van der Waals surface area contributed by atoms with Gasteiger partial charge >= 0.3 is 0 Å². The molecule has 1 fully saturated rings. The molecule has 6 heteroatoms. The van der Waals surface area contributed by atoms with Crippen LogP contribution in [0, 0.1) is 17.7 Å². The molecule has 49 heavy (non-hydrogen) atoms. The van der Waals surface area contributed by atoms with Gasteiger partial charge in [0.05, 0.1) is 12.2 Å². The molecule has 1 heterocycles. The number of halogens is 1. The van der Waals surface area contributed by atoms with Crippen LogP contribution in [-0.4, -0.2) is 37.6 Å². The highest BCUT2D eigenvalue weighted by atomic mass is 19.1. The first-order valence-electron chi connectivity index (χ1n) is 17.9. The van der Waals surface area contributed by atoms with Gasteiger partial charge in [0.1, 0.15) is 17.6 Å². The van der Waals surface area contributed by atoms with Gasteiger partial charge in [0.25, 0.3) is 0 Å². The molecule has 5 aromatic rings. The zero-order chi connectivity index (χ0) is 34.0. The van der Waals surface area contributed by atoms with E-state index >= 15 is 0 Å². The average Bonchev–Trinajstić information content (AvgIpc) is 3.53. The first-order chi connectivity index (χ1) is 23.9. The van der Waals surface area contributed by atoms with E-state index in [1.807, 2.05) is 12.1 Å². The van der Waals surface area contributed by atoms with Gasteiger partial charge in [-0.2, -0.15) is 0 Å². The van der Waals surface area contributed by atoms with Gasteiger partial charge in [-0.15, -0.1) is 0 Å². The number of nitrogens with one attached hydrogen (secondary N) is 1. The van der Waals surface area contributed by atoms with Gasteiger partial charge in [-0.3, -0.25) is 0 Å². The molecule has 1 aliphatic rings. The fraction of sp³-hybridized carbons (Fsp3) is 0.372. The van der Waals surface area contributed by atoms with E-state index in [0.717, 1.165) is 74.5 Å². The van der Waals surface area contributed by atoms with Gasteiger partial charge in [-0.1, -0.05) is 104 Å². The van der Waals surface area contributed by atoms with Gasteiger partial charge in [-0.25, -0.2) is 9.37 Å². The van der Waals surface area contributed by atoms with Gasteiger partial charge in [0.15, 0.2) is 0 Å². The van der Waals surface area contributed by atoms with Crippen molar-refractivity contribution in [3.05, 3.63) is 155 Å². The Hall–Kier alpha value is -4.26. The number of rotatable bonds is 15. The summed E-state index contributed by atoms with van der Waals surface area (Å²) in [7, 11) is 6.48. The predicted octanol–water partition coefficient (Wildman–Crippen LogP) is 9.41. The first-order valence-corrected chi connectivity index (χ1v) is 17.9. The second-order valence-corrected chi connectivity index (χ2v) is 13.9. The predicted molar refractivity (Wildman–Crippen MR) is 198 cm³/mol. The normalized spacial score (nSPS) is 17.6. The molecule has 4 aromatic carbocycles. The maximum atomic E-state index is 13.7. The van der Waals surface area contributed by atoms with Crippen LogP contribution in [0.15, 0.2) is 120 Å². The van der Waals surface area contributed by atoms with E-state index in [9.17, 15) is 4.39 Å². The van der Waals surface area contributed by atoms with Crippen LogP contribution >= 0.6 is 0 Å². The summed E-state index contributed by atoms with van der Waals surface area (Å²) < 4.78 is 20.5. The molecule has 1 saturated carbocycles. The van der Waals surface area contributed by atoms with Crippen LogP contribution in [0.1, 0.15) is 78.2 Å². The molecule has 0 aliphatic heterocycles. The Labute approximate surface area is 292 Å². The summed E-state index contributed by atoms with van der Waals surface area (Å²) in [6.45, 7) is 1.51. The monoisotopic (exact) mass is 658 g/mol. The highest BCUT2D eigenvalue weighted by Gasteiger charge is 2.34. The second-order valence-electron chi connectivity index (χ2n) is 13.9. The molecule has 256 valence electrons. The summed E-state index contributed by atoms with van der Waals surface area (Å²) in [5, 5.41) is 3.64. The summed E-state index contributed by atoms with van der Waals surface area (Å²) >= 11 is 0. The van der Waals surface area contributed by atoms with Gasteiger partial charge in [-0.05, 0) is 99.1 Å². The van der Waals surface area contributed by atoms with Crippen LogP contribution in [0.4, 0.5) is 10.1 Å². The van der Waals surface area contributed by atoms with E-state index < -0.39 is 0 Å². The van der Waals surface area contributed by atoms with Crippen molar-refractivity contribution in [3.63, 3.8) is 0 Å². The van der Waals surface area contributed by atoms with Crippen LogP contribution in [-0.2, 0) is 19.4 Å². The summed E-state index contributed by atoms with van der Waals surface area (Å²) in [4.78, 5) is 9.95. The van der Waals surface area contributed by atoms with E-state index in [2.05, 4.69) is 127 Å². The number of hydrogen-bond acceptors (Lipinski definition) is 5. The molecule has 0 spiro atoms. The summed E-state index contributed by atoms with van der Waals surface area (Å²) in [5.74, 6) is 2.64. The van der Waals surface area contributed by atoms with Crippen molar-refractivity contribution in [2.75, 3.05) is 32.6 Å². The quantitative estimate of drug-likeness (QED) is 0.114. The van der Waals surface area contributed by atoms with Crippen molar-refractivity contribution in [1.82, 2.24) is 15.2 Å². The molecule has 6 rings (SSSR count). The highest BCUT2D eigenvalue weighted by molar-refractivity contribution is 5.47. The van der Waals surface area contributed by atoms with Crippen LogP contribution in [0.2, 0.25) is 0 Å². The van der Waals surface area contributed by atoms with E-state index in [4.69, 9.17) is 9.40 Å². The molecular weight excluding hydrogens is 607 g/mol. The van der Waals surface area contributed by atoms with Crippen molar-refractivity contribution >= 4 is 5.69 Å². The van der Waals surface area contributed by atoms with Crippen LogP contribution in [0.3, 0.4) is 0 Å². The lowest BCUT2D eigenvalue weighted by Gasteiger charge is -2.39.